The Morgan fingerprint density at radius 2 is 2.00 bits per heavy atom. The molecular weight excluding hydrogens is 265 g/mol. The molecule has 0 fully saturated rings. The summed E-state index contributed by atoms with van der Waals surface area (Å²) in [6.07, 6.45) is 0.0296. The van der Waals surface area contributed by atoms with Crippen molar-refractivity contribution in [3.63, 3.8) is 0 Å². The predicted molar refractivity (Wildman–Crippen MR) is 58.0 cm³/mol. The lowest BCUT2D eigenvalue weighted by atomic mass is 10.1. The van der Waals surface area contributed by atoms with Crippen LogP contribution in [-0.2, 0) is 4.74 Å². The second kappa shape index (κ2) is 4.79. The summed E-state index contributed by atoms with van der Waals surface area (Å²) in [5.41, 5.74) is 6.67. The van der Waals surface area contributed by atoms with Crippen LogP contribution in [0.4, 0.5) is 0 Å². The topological polar surface area (TPSA) is 35.2 Å². The van der Waals surface area contributed by atoms with Gasteiger partial charge in [0.1, 0.15) is 0 Å². The fourth-order valence-corrected chi connectivity index (χ4v) is 1.41. The first-order valence-electron chi connectivity index (χ1n) is 3.76. The Bertz CT molecular complexity index is 231. The zero-order valence-corrected chi connectivity index (χ0v) is 9.11. The lowest BCUT2D eigenvalue weighted by Crippen LogP contribution is -2.13. The van der Waals surface area contributed by atoms with Gasteiger partial charge in [-0.1, -0.05) is 12.1 Å². The second-order valence-electron chi connectivity index (χ2n) is 2.51. The maximum absolute atomic E-state index is 5.53. The number of methoxy groups -OCH3 is 1. The highest BCUT2D eigenvalue weighted by Gasteiger charge is 2.06. The van der Waals surface area contributed by atoms with Crippen LogP contribution in [0.15, 0.2) is 24.3 Å². The van der Waals surface area contributed by atoms with Gasteiger partial charge in [-0.05, 0) is 40.3 Å². The van der Waals surface area contributed by atoms with Gasteiger partial charge >= 0.3 is 0 Å². The Kier molecular flexibility index (Phi) is 3.97. The average molecular weight is 277 g/mol. The molecule has 1 aromatic rings. The van der Waals surface area contributed by atoms with Crippen molar-refractivity contribution in [2.45, 2.75) is 6.10 Å². The number of benzene rings is 1. The van der Waals surface area contributed by atoms with Crippen molar-refractivity contribution in [1.29, 1.82) is 0 Å². The molecule has 0 aromatic heterocycles. The summed E-state index contributed by atoms with van der Waals surface area (Å²) in [4.78, 5) is 0. The number of hydrogen-bond acceptors (Lipinski definition) is 2. The number of ether oxygens (including phenoxy) is 1. The minimum absolute atomic E-state index is 0.0296. The molecule has 3 heteroatoms. The van der Waals surface area contributed by atoms with Crippen LogP contribution in [0.5, 0.6) is 0 Å². The van der Waals surface area contributed by atoms with Gasteiger partial charge in [0.05, 0.1) is 6.10 Å². The Labute approximate surface area is 86.2 Å². The molecule has 0 heterocycles. The summed E-state index contributed by atoms with van der Waals surface area (Å²) >= 11 is 2.27. The van der Waals surface area contributed by atoms with Gasteiger partial charge < -0.3 is 10.5 Å². The average Bonchev–Trinajstić information content (AvgIpc) is 2.10. The molecular formula is C9H12INO. The van der Waals surface area contributed by atoms with Gasteiger partial charge in [0, 0.05) is 17.2 Å². The number of nitrogens with two attached hydrogens (primary N) is 1. The maximum atomic E-state index is 5.53. The van der Waals surface area contributed by atoms with Crippen molar-refractivity contribution in [3.05, 3.63) is 33.4 Å². The Hall–Kier alpha value is -0.130. The molecule has 0 saturated heterocycles. The molecule has 66 valence electrons. The predicted octanol–water partition coefficient (Wildman–Crippen LogP) is 1.94. The van der Waals surface area contributed by atoms with Gasteiger partial charge in [0.2, 0.25) is 0 Å². The lowest BCUT2D eigenvalue weighted by molar-refractivity contribution is 0.110. The summed E-state index contributed by atoms with van der Waals surface area (Å²) in [5, 5.41) is 0. The smallest absolute Gasteiger partial charge is 0.0943 e. The van der Waals surface area contributed by atoms with Gasteiger partial charge in [-0.2, -0.15) is 0 Å². The van der Waals surface area contributed by atoms with Crippen LogP contribution >= 0.6 is 22.6 Å². The van der Waals surface area contributed by atoms with Crippen LogP contribution in [-0.4, -0.2) is 13.7 Å². The maximum Gasteiger partial charge on any atom is 0.0943 e. The molecule has 1 unspecified atom stereocenters. The zero-order valence-electron chi connectivity index (χ0n) is 6.96. The zero-order chi connectivity index (χ0) is 8.97. The van der Waals surface area contributed by atoms with E-state index in [1.165, 1.54) is 3.57 Å². The normalized spacial score (nSPS) is 12.9. The summed E-state index contributed by atoms with van der Waals surface area (Å²) < 4.78 is 6.42. The van der Waals surface area contributed by atoms with Crippen LogP contribution in [0.25, 0.3) is 0 Å². The Balaban J connectivity index is 2.80. The van der Waals surface area contributed by atoms with E-state index in [2.05, 4.69) is 34.7 Å². The largest absolute Gasteiger partial charge is 0.375 e. The van der Waals surface area contributed by atoms with Crippen molar-refractivity contribution in [2.24, 2.45) is 5.73 Å². The molecule has 0 aliphatic heterocycles. The minimum atomic E-state index is 0.0296. The molecule has 0 radical (unpaired) electrons. The van der Waals surface area contributed by atoms with Gasteiger partial charge in [-0.25, -0.2) is 0 Å². The first-order valence-corrected chi connectivity index (χ1v) is 4.84. The number of halogens is 1. The molecule has 0 saturated carbocycles. The van der Waals surface area contributed by atoms with E-state index in [0.29, 0.717) is 6.54 Å². The van der Waals surface area contributed by atoms with E-state index in [4.69, 9.17) is 10.5 Å². The molecule has 2 nitrogen and oxygen atoms in total. The Morgan fingerprint density at radius 1 is 1.42 bits per heavy atom. The highest BCUT2D eigenvalue weighted by atomic mass is 127. The molecule has 0 aliphatic carbocycles. The van der Waals surface area contributed by atoms with Crippen molar-refractivity contribution in [1.82, 2.24) is 0 Å². The third-order valence-corrected chi connectivity index (χ3v) is 2.46. The number of hydrogen-bond donors (Lipinski definition) is 1. The summed E-state index contributed by atoms with van der Waals surface area (Å²) in [7, 11) is 1.68. The van der Waals surface area contributed by atoms with Crippen LogP contribution in [0.2, 0.25) is 0 Å². The van der Waals surface area contributed by atoms with E-state index in [0.717, 1.165) is 5.56 Å². The van der Waals surface area contributed by atoms with Gasteiger partial charge in [-0.3, -0.25) is 0 Å². The second-order valence-corrected chi connectivity index (χ2v) is 3.76. The van der Waals surface area contributed by atoms with E-state index in [-0.39, 0.29) is 6.10 Å². The third kappa shape index (κ3) is 2.43. The lowest BCUT2D eigenvalue weighted by Gasteiger charge is -2.12. The van der Waals surface area contributed by atoms with Gasteiger partial charge in [0.15, 0.2) is 0 Å². The first kappa shape index (κ1) is 9.95. The van der Waals surface area contributed by atoms with Crippen LogP contribution in [0, 0.1) is 3.57 Å². The highest BCUT2D eigenvalue weighted by molar-refractivity contribution is 14.1. The minimum Gasteiger partial charge on any atom is -0.375 e. The number of rotatable bonds is 3. The highest BCUT2D eigenvalue weighted by Crippen LogP contribution is 2.16. The molecule has 1 rings (SSSR count). The standard InChI is InChI=1S/C9H12INO/c1-12-9(6-11)7-2-4-8(10)5-3-7/h2-5,9H,6,11H2,1H3. The molecule has 0 bridgehead atoms. The SMILES string of the molecule is COC(CN)c1ccc(I)cc1. The van der Waals surface area contributed by atoms with E-state index in [1.54, 1.807) is 7.11 Å². The van der Waals surface area contributed by atoms with E-state index >= 15 is 0 Å². The van der Waals surface area contributed by atoms with Crippen molar-refractivity contribution >= 4 is 22.6 Å². The molecule has 0 aliphatic rings. The first-order chi connectivity index (χ1) is 5.77. The van der Waals surface area contributed by atoms with Crippen LogP contribution < -0.4 is 5.73 Å². The molecule has 12 heavy (non-hydrogen) atoms. The molecule has 1 atom stereocenters. The van der Waals surface area contributed by atoms with E-state index in [9.17, 15) is 0 Å². The summed E-state index contributed by atoms with van der Waals surface area (Å²) in [5.74, 6) is 0. The molecule has 2 N–H and O–H groups in total. The quantitative estimate of drug-likeness (QED) is 0.857. The van der Waals surface area contributed by atoms with Gasteiger partial charge in [-0.15, -0.1) is 0 Å². The van der Waals surface area contributed by atoms with Gasteiger partial charge in [0.25, 0.3) is 0 Å². The monoisotopic (exact) mass is 277 g/mol. The van der Waals surface area contributed by atoms with E-state index in [1.807, 2.05) is 12.1 Å². The fourth-order valence-electron chi connectivity index (χ4n) is 1.05. The van der Waals surface area contributed by atoms with Crippen molar-refractivity contribution in [3.8, 4) is 0 Å². The molecule has 1 aromatic carbocycles. The Morgan fingerprint density at radius 3 is 2.42 bits per heavy atom. The van der Waals surface area contributed by atoms with Crippen LogP contribution in [0.3, 0.4) is 0 Å². The summed E-state index contributed by atoms with van der Waals surface area (Å²) in [6, 6.07) is 8.20. The molecule has 0 spiro atoms. The fraction of sp³-hybridized carbons (Fsp3) is 0.333. The van der Waals surface area contributed by atoms with Crippen LogP contribution in [0.1, 0.15) is 11.7 Å². The van der Waals surface area contributed by atoms with E-state index < -0.39 is 0 Å². The van der Waals surface area contributed by atoms with Crippen molar-refractivity contribution < 1.29 is 4.74 Å². The third-order valence-electron chi connectivity index (χ3n) is 1.74. The van der Waals surface area contributed by atoms with Crippen molar-refractivity contribution in [2.75, 3.05) is 13.7 Å². The molecule has 0 amide bonds. The summed E-state index contributed by atoms with van der Waals surface area (Å²) in [6.45, 7) is 0.525.